The number of hydrogen-bond donors (Lipinski definition) is 1. The zero-order chi connectivity index (χ0) is 13.2. The molecule has 0 aliphatic carbocycles. The van der Waals surface area contributed by atoms with Gasteiger partial charge < -0.3 is 15.2 Å². The summed E-state index contributed by atoms with van der Waals surface area (Å²) in [6, 6.07) is 2.31. The van der Waals surface area contributed by atoms with Crippen LogP contribution >= 0.6 is 47.8 Å². The van der Waals surface area contributed by atoms with Gasteiger partial charge in [-0.25, -0.2) is 0 Å². The maximum Gasteiger partial charge on any atom is 0.253 e. The molecule has 0 saturated carbocycles. The maximum absolute atomic E-state index is 11.8. The third-order valence-corrected chi connectivity index (χ3v) is 4.41. The highest BCUT2D eigenvalue weighted by Crippen LogP contribution is 2.30. The number of hydrogen-bond acceptors (Lipinski definition) is 3. The van der Waals surface area contributed by atoms with E-state index in [1.807, 2.05) is 0 Å². The molecule has 1 unspecified atom stereocenters. The van der Waals surface area contributed by atoms with Crippen LogP contribution in [0.25, 0.3) is 0 Å². The van der Waals surface area contributed by atoms with Crippen molar-refractivity contribution in [1.82, 2.24) is 5.32 Å². The Labute approximate surface area is 123 Å². The van der Waals surface area contributed by atoms with Gasteiger partial charge >= 0.3 is 0 Å². The largest absolute Gasteiger partial charge is 0.548 e. The van der Waals surface area contributed by atoms with Crippen molar-refractivity contribution in [2.45, 2.75) is 13.0 Å². The highest BCUT2D eigenvalue weighted by molar-refractivity contribution is 9.13. The van der Waals surface area contributed by atoms with Crippen molar-refractivity contribution < 1.29 is 14.7 Å². The molecule has 0 spiro atoms. The molecule has 0 heterocycles. The Morgan fingerprint density at radius 3 is 2.41 bits per heavy atom. The summed E-state index contributed by atoms with van der Waals surface area (Å²) in [5.41, 5.74) is 0.333. The van der Waals surface area contributed by atoms with Crippen LogP contribution in [0.3, 0.4) is 0 Å². The Balaban J connectivity index is 3.01. The second kappa shape index (κ2) is 5.97. The number of benzene rings is 1. The first-order valence-electron chi connectivity index (χ1n) is 4.49. The van der Waals surface area contributed by atoms with Crippen molar-refractivity contribution in [3.63, 3.8) is 0 Å². The molecule has 1 atom stereocenters. The van der Waals surface area contributed by atoms with Gasteiger partial charge in [0.25, 0.3) is 5.91 Å². The summed E-state index contributed by atoms with van der Waals surface area (Å²) in [4.78, 5) is 22.3. The average molecular weight is 429 g/mol. The lowest BCUT2D eigenvalue weighted by Gasteiger charge is -2.15. The molecule has 1 amide bonds. The van der Waals surface area contributed by atoms with E-state index in [0.29, 0.717) is 19.0 Å². The minimum absolute atomic E-state index is 0.333. The molecule has 0 aliphatic heterocycles. The lowest BCUT2D eigenvalue weighted by molar-refractivity contribution is -0.307. The van der Waals surface area contributed by atoms with E-state index in [1.165, 1.54) is 6.92 Å². The highest BCUT2D eigenvalue weighted by Gasteiger charge is 2.15. The van der Waals surface area contributed by atoms with Crippen LogP contribution in [0.4, 0.5) is 0 Å². The number of carboxylic acids is 1. The van der Waals surface area contributed by atoms with Crippen LogP contribution in [-0.2, 0) is 4.79 Å². The van der Waals surface area contributed by atoms with Crippen molar-refractivity contribution in [3.8, 4) is 0 Å². The van der Waals surface area contributed by atoms with Gasteiger partial charge in [0.15, 0.2) is 0 Å². The van der Waals surface area contributed by atoms with Crippen LogP contribution in [0.2, 0.25) is 0 Å². The fourth-order valence-corrected chi connectivity index (χ4v) is 2.69. The molecule has 17 heavy (non-hydrogen) atoms. The van der Waals surface area contributed by atoms with Crippen LogP contribution in [0.5, 0.6) is 0 Å². The summed E-state index contributed by atoms with van der Waals surface area (Å²) >= 11 is 9.78. The first-order valence-corrected chi connectivity index (χ1v) is 6.87. The molecule has 0 aromatic heterocycles. The predicted molar refractivity (Wildman–Crippen MR) is 71.5 cm³/mol. The third-order valence-electron chi connectivity index (χ3n) is 1.94. The van der Waals surface area contributed by atoms with Crippen molar-refractivity contribution in [2.75, 3.05) is 0 Å². The molecule has 0 saturated heterocycles. The van der Waals surface area contributed by atoms with Gasteiger partial charge in [-0.2, -0.15) is 0 Å². The van der Waals surface area contributed by atoms with E-state index < -0.39 is 17.9 Å². The molecule has 0 bridgehead atoms. The van der Waals surface area contributed by atoms with E-state index in [4.69, 9.17) is 0 Å². The van der Waals surface area contributed by atoms with Crippen LogP contribution < -0.4 is 10.4 Å². The number of carbonyl (C=O) groups is 2. The summed E-state index contributed by atoms with van der Waals surface area (Å²) < 4.78 is 1.96. The lowest BCUT2D eigenvalue weighted by atomic mass is 10.2. The highest BCUT2D eigenvalue weighted by atomic mass is 79.9. The zero-order valence-electron chi connectivity index (χ0n) is 8.59. The van der Waals surface area contributed by atoms with Gasteiger partial charge in [-0.15, -0.1) is 0 Å². The predicted octanol–water partition coefficient (Wildman–Crippen LogP) is 1.84. The van der Waals surface area contributed by atoms with E-state index >= 15 is 0 Å². The van der Waals surface area contributed by atoms with Gasteiger partial charge in [-0.1, -0.05) is 15.9 Å². The van der Waals surface area contributed by atoms with Crippen LogP contribution in [-0.4, -0.2) is 17.9 Å². The third kappa shape index (κ3) is 3.79. The second-order valence-electron chi connectivity index (χ2n) is 3.26. The van der Waals surface area contributed by atoms with Gasteiger partial charge in [-0.05, 0) is 50.9 Å². The molecular formula is C10H7Br3NO3-. The van der Waals surface area contributed by atoms with Crippen molar-refractivity contribution in [3.05, 3.63) is 31.1 Å². The summed E-state index contributed by atoms with van der Waals surface area (Å²) in [7, 11) is 0. The van der Waals surface area contributed by atoms with E-state index in [1.54, 1.807) is 12.1 Å². The SMILES string of the molecule is CC(NC(=O)c1cc(Br)cc(Br)c1Br)C(=O)[O-]. The minimum atomic E-state index is -1.33. The molecule has 0 aliphatic rings. The smallest absolute Gasteiger partial charge is 0.253 e. The van der Waals surface area contributed by atoms with Crippen molar-refractivity contribution in [2.24, 2.45) is 0 Å². The van der Waals surface area contributed by atoms with Gasteiger partial charge in [-0.3, -0.25) is 4.79 Å². The Morgan fingerprint density at radius 1 is 1.29 bits per heavy atom. The summed E-state index contributed by atoms with van der Waals surface area (Å²) in [5.74, 6) is -1.82. The fourth-order valence-electron chi connectivity index (χ4n) is 1.05. The molecule has 0 radical (unpaired) electrons. The van der Waals surface area contributed by atoms with Crippen LogP contribution in [0.1, 0.15) is 17.3 Å². The van der Waals surface area contributed by atoms with E-state index in [9.17, 15) is 14.7 Å². The zero-order valence-corrected chi connectivity index (χ0v) is 13.3. The van der Waals surface area contributed by atoms with E-state index in [-0.39, 0.29) is 0 Å². The number of halogens is 3. The summed E-state index contributed by atoms with van der Waals surface area (Å²) in [6.07, 6.45) is 0. The van der Waals surface area contributed by atoms with Crippen LogP contribution in [0.15, 0.2) is 25.6 Å². The molecule has 1 aromatic rings. The number of rotatable bonds is 3. The minimum Gasteiger partial charge on any atom is -0.548 e. The van der Waals surface area contributed by atoms with E-state index in [0.717, 1.165) is 0 Å². The maximum atomic E-state index is 11.8. The second-order valence-corrected chi connectivity index (χ2v) is 5.83. The molecular weight excluding hydrogens is 422 g/mol. The van der Waals surface area contributed by atoms with Crippen molar-refractivity contribution in [1.29, 1.82) is 0 Å². The average Bonchev–Trinajstić information content (AvgIpc) is 2.22. The number of nitrogens with one attached hydrogen (secondary N) is 1. The van der Waals surface area contributed by atoms with Gasteiger partial charge in [0, 0.05) is 13.4 Å². The standard InChI is InChI=1S/C10H8Br3NO3/c1-4(10(16)17)14-9(15)6-2-5(11)3-7(12)8(6)13/h2-4H,1H3,(H,14,15)(H,16,17)/p-1. The molecule has 1 rings (SSSR count). The lowest BCUT2D eigenvalue weighted by Crippen LogP contribution is -2.45. The molecule has 92 valence electrons. The van der Waals surface area contributed by atoms with Gasteiger partial charge in [0.1, 0.15) is 0 Å². The Kier molecular flexibility index (Phi) is 5.15. The van der Waals surface area contributed by atoms with Gasteiger partial charge in [0.05, 0.1) is 17.6 Å². The number of aliphatic carboxylic acids is 1. The molecule has 1 aromatic carbocycles. The normalized spacial score (nSPS) is 12.0. The van der Waals surface area contributed by atoms with Crippen molar-refractivity contribution >= 4 is 59.7 Å². The first-order chi connectivity index (χ1) is 7.82. The monoisotopic (exact) mass is 426 g/mol. The fraction of sp³-hybridized carbons (Fsp3) is 0.200. The Bertz CT molecular complexity index is 476. The molecule has 1 N–H and O–H groups in total. The number of carboxylic acid groups (broad SMARTS) is 1. The molecule has 7 heteroatoms. The summed E-state index contributed by atoms with van der Waals surface area (Å²) in [5, 5.41) is 12.8. The Hall–Kier alpha value is -0.400. The molecule has 0 fully saturated rings. The quantitative estimate of drug-likeness (QED) is 0.747. The van der Waals surface area contributed by atoms with Gasteiger partial charge in [0.2, 0.25) is 0 Å². The van der Waals surface area contributed by atoms with Crippen LogP contribution in [0, 0.1) is 0 Å². The molecule has 4 nitrogen and oxygen atoms in total. The topological polar surface area (TPSA) is 69.2 Å². The number of amides is 1. The van der Waals surface area contributed by atoms with E-state index in [2.05, 4.69) is 53.1 Å². The summed E-state index contributed by atoms with van der Waals surface area (Å²) in [6.45, 7) is 1.34. The Morgan fingerprint density at radius 2 is 1.88 bits per heavy atom. The first kappa shape index (κ1) is 14.7. The number of carbonyl (C=O) groups excluding carboxylic acids is 2.